The van der Waals surface area contributed by atoms with E-state index in [0.717, 1.165) is 19.6 Å². The monoisotopic (exact) mass is 380 g/mol. The van der Waals surface area contributed by atoms with Crippen molar-refractivity contribution in [1.82, 2.24) is 0 Å². The molecule has 8 heteroatoms. The number of allylic oxidation sites excluding steroid dienone is 4. The summed E-state index contributed by atoms with van der Waals surface area (Å²) in [6.07, 6.45) is 0. The molecule has 2 aliphatic rings. The molecule has 0 nitrogen and oxygen atoms in total. The Kier molecular flexibility index (Phi) is 6.08. The van der Waals surface area contributed by atoms with Crippen LogP contribution in [0.25, 0.3) is 0 Å². The van der Waals surface area contributed by atoms with Gasteiger partial charge in [-0.05, 0) is 0 Å². The summed E-state index contributed by atoms with van der Waals surface area (Å²) < 4.78 is 2.41. The van der Waals surface area contributed by atoms with Crippen LogP contribution < -0.4 is 0 Å². The van der Waals surface area contributed by atoms with E-state index in [-0.39, 0.29) is 0 Å². The first-order chi connectivity index (χ1) is 8.73. The molecule has 0 saturated heterocycles. The first-order valence-corrected chi connectivity index (χ1v) is 9.63. The second kappa shape index (κ2) is 7.12. The zero-order valence-electron chi connectivity index (χ0n) is 8.58. The summed E-state index contributed by atoms with van der Waals surface area (Å²) in [6, 6.07) is 0. The average Bonchev–Trinajstić information content (AvgIpc) is 3.01. The molecule has 0 aliphatic carbocycles. The van der Waals surface area contributed by atoms with Gasteiger partial charge in [0.05, 0.1) is 8.47 Å². The van der Waals surface area contributed by atoms with Gasteiger partial charge in [-0.3, -0.25) is 0 Å². The zero-order valence-corrected chi connectivity index (χ0v) is 15.1. The topological polar surface area (TPSA) is 0 Å². The van der Waals surface area contributed by atoms with E-state index in [4.69, 9.17) is 48.9 Å². The summed E-state index contributed by atoms with van der Waals surface area (Å²) in [7, 11) is 0. The smallest absolute Gasteiger partial charge is 0.0707 e. The van der Waals surface area contributed by atoms with Crippen LogP contribution in [0.15, 0.2) is 28.1 Å². The lowest BCUT2D eigenvalue weighted by Crippen LogP contribution is -1.75. The molecule has 0 bridgehead atoms. The van der Waals surface area contributed by atoms with Gasteiger partial charge in [-0.1, -0.05) is 95.9 Å². The third-order valence-corrected chi connectivity index (χ3v) is 8.99. The van der Waals surface area contributed by atoms with Gasteiger partial charge in [0.2, 0.25) is 0 Å². The fourth-order valence-corrected chi connectivity index (χ4v) is 7.39. The molecule has 0 aromatic rings. The molecule has 0 N–H and O–H groups in total. The van der Waals surface area contributed by atoms with Crippen molar-refractivity contribution in [1.29, 1.82) is 0 Å². The SMILES string of the molecule is S=CC1=C(C=S)SC(=C2SC(C=S)=C(C=S)S2)S1. The van der Waals surface area contributed by atoms with Crippen molar-refractivity contribution in [2.75, 3.05) is 0 Å². The number of hydrogen-bond acceptors (Lipinski definition) is 8. The lowest BCUT2D eigenvalue weighted by molar-refractivity contribution is 2.25. The fraction of sp³-hybridized carbons (Fsp3) is 0. The highest BCUT2D eigenvalue weighted by molar-refractivity contribution is 8.35. The Morgan fingerprint density at radius 3 is 0.889 bits per heavy atom. The van der Waals surface area contributed by atoms with Crippen molar-refractivity contribution in [3.8, 4) is 0 Å². The predicted octanol–water partition coefficient (Wildman–Crippen LogP) is 5.50. The van der Waals surface area contributed by atoms with E-state index in [1.54, 1.807) is 68.5 Å². The van der Waals surface area contributed by atoms with E-state index in [1.807, 2.05) is 0 Å². The summed E-state index contributed by atoms with van der Waals surface area (Å²) in [5, 5.41) is 6.73. The predicted molar refractivity (Wildman–Crippen MR) is 106 cm³/mol. The summed E-state index contributed by atoms with van der Waals surface area (Å²) in [6.45, 7) is 0. The van der Waals surface area contributed by atoms with Gasteiger partial charge in [0, 0.05) is 41.1 Å². The van der Waals surface area contributed by atoms with Gasteiger partial charge in [0.25, 0.3) is 0 Å². The Balaban J connectivity index is 2.24. The first kappa shape index (κ1) is 15.4. The van der Waals surface area contributed by atoms with Crippen molar-refractivity contribution in [3.63, 3.8) is 0 Å². The average molecular weight is 381 g/mol. The van der Waals surface area contributed by atoms with E-state index < -0.39 is 0 Å². The summed E-state index contributed by atoms with van der Waals surface area (Å²) in [4.78, 5) is 4.20. The van der Waals surface area contributed by atoms with Crippen LogP contribution in [-0.2, 0) is 0 Å². The van der Waals surface area contributed by atoms with Gasteiger partial charge in [-0.25, -0.2) is 0 Å². The standard InChI is InChI=1S/C10H4S8/c11-1-5-6(2-12)16-9(15-5)10-17-7(3-13)8(4-14)18-10/h1-4H. The lowest BCUT2D eigenvalue weighted by Gasteiger charge is -2.00. The van der Waals surface area contributed by atoms with E-state index in [2.05, 4.69) is 0 Å². The highest BCUT2D eigenvalue weighted by Crippen LogP contribution is 2.58. The maximum atomic E-state index is 5.00. The van der Waals surface area contributed by atoms with Crippen molar-refractivity contribution in [3.05, 3.63) is 28.1 Å². The number of hydrogen-bond donors (Lipinski definition) is 0. The van der Waals surface area contributed by atoms with Crippen LogP contribution in [-0.4, -0.2) is 21.5 Å². The molecule has 0 atom stereocenters. The third kappa shape index (κ3) is 3.17. The maximum Gasteiger partial charge on any atom is 0.0707 e. The van der Waals surface area contributed by atoms with E-state index >= 15 is 0 Å². The van der Waals surface area contributed by atoms with Crippen LogP contribution in [0.3, 0.4) is 0 Å². The molecule has 0 radical (unpaired) electrons. The van der Waals surface area contributed by atoms with Crippen molar-refractivity contribution in [2.24, 2.45) is 0 Å². The molecule has 2 heterocycles. The fourth-order valence-electron chi connectivity index (χ4n) is 1.14. The minimum Gasteiger partial charge on any atom is -0.0875 e. The number of rotatable bonds is 4. The van der Waals surface area contributed by atoms with Gasteiger partial charge >= 0.3 is 0 Å². The molecule has 0 unspecified atom stereocenters. The Hall–Kier alpha value is 0.980. The van der Waals surface area contributed by atoms with E-state index in [0.29, 0.717) is 0 Å². The molecule has 2 aliphatic heterocycles. The maximum absolute atomic E-state index is 5.00. The Morgan fingerprint density at radius 1 is 0.500 bits per heavy atom. The zero-order chi connectivity index (χ0) is 13.1. The summed E-state index contributed by atoms with van der Waals surface area (Å²) in [5.74, 6) is 0. The molecule has 0 aromatic carbocycles. The van der Waals surface area contributed by atoms with Crippen LogP contribution in [0.2, 0.25) is 0 Å². The molecule has 0 amide bonds. The minimum absolute atomic E-state index is 1.05. The molecule has 0 aromatic heterocycles. The molecule has 0 fully saturated rings. The Morgan fingerprint density at radius 2 is 0.722 bits per heavy atom. The molecule has 0 spiro atoms. The van der Waals surface area contributed by atoms with Crippen LogP contribution in [0, 0.1) is 0 Å². The highest BCUT2D eigenvalue weighted by Gasteiger charge is 2.27. The number of thioether (sulfide) groups is 4. The minimum atomic E-state index is 1.05. The van der Waals surface area contributed by atoms with Crippen LogP contribution in [0.4, 0.5) is 0 Å². The molecule has 2 rings (SSSR count). The normalized spacial score (nSPS) is 19.6. The first-order valence-electron chi connectivity index (χ1n) is 4.48. The van der Waals surface area contributed by atoms with Crippen molar-refractivity contribution >= 4 is 117 Å². The summed E-state index contributed by atoms with van der Waals surface area (Å²) in [5.41, 5.74) is 0. The van der Waals surface area contributed by atoms with E-state index in [1.165, 1.54) is 8.47 Å². The Labute approximate surface area is 144 Å². The molecule has 0 saturated carbocycles. The van der Waals surface area contributed by atoms with Gasteiger partial charge in [-0.2, -0.15) is 0 Å². The van der Waals surface area contributed by atoms with Gasteiger partial charge < -0.3 is 0 Å². The van der Waals surface area contributed by atoms with Gasteiger partial charge in [0.15, 0.2) is 0 Å². The van der Waals surface area contributed by atoms with Gasteiger partial charge in [-0.15, -0.1) is 0 Å². The molecular formula is C10H4S8. The lowest BCUT2D eigenvalue weighted by atomic mass is 10.6. The molecular weight excluding hydrogens is 377 g/mol. The highest BCUT2D eigenvalue weighted by atomic mass is 32.2. The van der Waals surface area contributed by atoms with Crippen LogP contribution >= 0.6 is 95.9 Å². The quantitative estimate of drug-likeness (QED) is 0.579. The Bertz CT molecular complexity index is 444. The number of thiocarbonyl (C=S) groups is 4. The van der Waals surface area contributed by atoms with Crippen molar-refractivity contribution in [2.45, 2.75) is 0 Å². The van der Waals surface area contributed by atoms with Gasteiger partial charge in [0.1, 0.15) is 0 Å². The van der Waals surface area contributed by atoms with Crippen LogP contribution in [0.5, 0.6) is 0 Å². The second-order valence-corrected chi connectivity index (χ2v) is 8.58. The van der Waals surface area contributed by atoms with E-state index in [9.17, 15) is 0 Å². The second-order valence-electron chi connectivity index (χ2n) is 2.91. The van der Waals surface area contributed by atoms with Crippen molar-refractivity contribution < 1.29 is 0 Å². The molecule has 92 valence electrons. The largest absolute Gasteiger partial charge is 0.0875 e. The third-order valence-electron chi connectivity index (χ3n) is 1.89. The van der Waals surface area contributed by atoms with Crippen LogP contribution in [0.1, 0.15) is 0 Å². The molecule has 18 heavy (non-hydrogen) atoms. The summed E-state index contributed by atoms with van der Waals surface area (Å²) >= 11 is 26.7.